The van der Waals surface area contributed by atoms with Crippen LogP contribution in [0.3, 0.4) is 0 Å². The third kappa shape index (κ3) is 2.76. The Morgan fingerprint density at radius 3 is 2.75 bits per heavy atom. The second-order valence-electron chi connectivity index (χ2n) is 4.09. The molecule has 1 aliphatic rings. The molecule has 1 aliphatic carbocycles. The molecule has 0 aliphatic heterocycles. The number of nitrogens with one attached hydrogen (secondary N) is 1. The number of likely N-dealkylation sites (N-methyl/N-ethyl adjacent to an activating group) is 1. The van der Waals surface area contributed by atoms with Crippen molar-refractivity contribution in [2.75, 3.05) is 13.7 Å². The number of hydrogen-bond acceptors (Lipinski definition) is 2. The summed E-state index contributed by atoms with van der Waals surface area (Å²) >= 11 is 0. The van der Waals surface area contributed by atoms with Gasteiger partial charge in [0.2, 0.25) is 0 Å². The highest BCUT2D eigenvalue weighted by Crippen LogP contribution is 2.22. The molecule has 0 bridgehead atoms. The first-order valence-electron chi connectivity index (χ1n) is 5.03. The molecule has 0 spiro atoms. The van der Waals surface area contributed by atoms with Gasteiger partial charge in [-0.15, -0.1) is 0 Å². The topological polar surface area (TPSA) is 21.3 Å². The summed E-state index contributed by atoms with van der Waals surface area (Å²) in [6, 6.07) is 0.601. The van der Waals surface area contributed by atoms with Crippen LogP contribution in [0.2, 0.25) is 0 Å². The highest BCUT2D eigenvalue weighted by Gasteiger charge is 2.26. The zero-order chi connectivity index (χ0) is 8.97. The Labute approximate surface area is 75.7 Å². The van der Waals surface area contributed by atoms with E-state index in [1.165, 1.54) is 19.3 Å². The third-order valence-corrected chi connectivity index (χ3v) is 2.47. The van der Waals surface area contributed by atoms with E-state index in [1.54, 1.807) is 0 Å². The van der Waals surface area contributed by atoms with Gasteiger partial charge in [-0.3, -0.25) is 0 Å². The van der Waals surface area contributed by atoms with E-state index in [-0.39, 0.29) is 0 Å². The van der Waals surface area contributed by atoms with Crippen LogP contribution in [0.25, 0.3) is 0 Å². The quantitative estimate of drug-likeness (QED) is 0.696. The lowest BCUT2D eigenvalue weighted by atomic mass is 10.2. The van der Waals surface area contributed by atoms with E-state index in [9.17, 15) is 0 Å². The first-order valence-corrected chi connectivity index (χ1v) is 5.03. The lowest BCUT2D eigenvalue weighted by Crippen LogP contribution is -2.35. The van der Waals surface area contributed by atoms with Gasteiger partial charge in [-0.1, -0.05) is 13.8 Å². The van der Waals surface area contributed by atoms with Crippen LogP contribution in [0, 0.1) is 5.92 Å². The summed E-state index contributed by atoms with van der Waals surface area (Å²) < 4.78 is 5.81. The molecular weight excluding hydrogens is 150 g/mol. The van der Waals surface area contributed by atoms with Gasteiger partial charge in [0.1, 0.15) is 0 Å². The normalized spacial score (nSPS) is 30.0. The van der Waals surface area contributed by atoms with Crippen LogP contribution in [0.15, 0.2) is 0 Å². The van der Waals surface area contributed by atoms with E-state index >= 15 is 0 Å². The van der Waals surface area contributed by atoms with Gasteiger partial charge >= 0.3 is 0 Å². The molecule has 0 radical (unpaired) electrons. The third-order valence-electron chi connectivity index (χ3n) is 2.47. The van der Waals surface area contributed by atoms with E-state index in [4.69, 9.17) is 4.74 Å². The van der Waals surface area contributed by atoms with Crippen LogP contribution >= 0.6 is 0 Å². The summed E-state index contributed by atoms with van der Waals surface area (Å²) in [6.07, 6.45) is 4.29. The average molecular weight is 171 g/mol. The molecule has 12 heavy (non-hydrogen) atoms. The van der Waals surface area contributed by atoms with E-state index < -0.39 is 0 Å². The largest absolute Gasteiger partial charge is 0.376 e. The number of hydrogen-bond donors (Lipinski definition) is 1. The van der Waals surface area contributed by atoms with Crippen LogP contribution in [-0.4, -0.2) is 25.8 Å². The Hall–Kier alpha value is -0.0800. The zero-order valence-corrected chi connectivity index (χ0v) is 8.47. The Kier molecular flexibility index (Phi) is 4.02. The minimum absolute atomic E-state index is 0.470. The standard InChI is InChI=1S/C10H21NO/c1-8(2)7-12-10-6-4-5-9(10)11-3/h8-11H,4-7H2,1-3H3. The maximum atomic E-state index is 5.81. The SMILES string of the molecule is CNC1CCCC1OCC(C)C. The highest BCUT2D eigenvalue weighted by atomic mass is 16.5. The summed E-state index contributed by atoms with van der Waals surface area (Å²) in [5, 5.41) is 3.31. The van der Waals surface area contributed by atoms with Gasteiger partial charge in [-0.2, -0.15) is 0 Å². The van der Waals surface area contributed by atoms with Crippen LogP contribution in [-0.2, 0) is 4.74 Å². The second-order valence-corrected chi connectivity index (χ2v) is 4.09. The average Bonchev–Trinajstić information content (AvgIpc) is 2.47. The molecule has 2 heteroatoms. The summed E-state index contributed by atoms with van der Waals surface area (Å²) in [7, 11) is 2.03. The molecule has 72 valence electrons. The van der Waals surface area contributed by atoms with Gasteiger partial charge < -0.3 is 10.1 Å². The van der Waals surface area contributed by atoms with Gasteiger partial charge in [-0.05, 0) is 32.2 Å². The Morgan fingerprint density at radius 1 is 1.42 bits per heavy atom. The zero-order valence-electron chi connectivity index (χ0n) is 8.47. The van der Waals surface area contributed by atoms with Crippen molar-refractivity contribution in [3.63, 3.8) is 0 Å². The van der Waals surface area contributed by atoms with Crippen molar-refractivity contribution in [2.45, 2.75) is 45.3 Å². The minimum Gasteiger partial charge on any atom is -0.376 e. The van der Waals surface area contributed by atoms with Crippen molar-refractivity contribution in [3.8, 4) is 0 Å². The molecule has 0 amide bonds. The number of rotatable bonds is 4. The summed E-state index contributed by atoms with van der Waals surface area (Å²) in [5.41, 5.74) is 0. The molecule has 0 aromatic heterocycles. The molecule has 1 fully saturated rings. The Morgan fingerprint density at radius 2 is 2.17 bits per heavy atom. The van der Waals surface area contributed by atoms with Gasteiger partial charge in [0.05, 0.1) is 6.10 Å². The fraction of sp³-hybridized carbons (Fsp3) is 1.00. The molecule has 2 atom stereocenters. The van der Waals surface area contributed by atoms with E-state index in [1.807, 2.05) is 7.05 Å². The molecular formula is C10H21NO. The molecule has 1 rings (SSSR count). The van der Waals surface area contributed by atoms with Crippen molar-refractivity contribution < 1.29 is 4.74 Å². The van der Waals surface area contributed by atoms with E-state index in [0.29, 0.717) is 18.1 Å². The maximum Gasteiger partial charge on any atom is 0.0728 e. The summed E-state index contributed by atoms with van der Waals surface area (Å²) in [4.78, 5) is 0. The minimum atomic E-state index is 0.470. The molecule has 0 aromatic rings. The van der Waals surface area contributed by atoms with Crippen LogP contribution in [0.1, 0.15) is 33.1 Å². The van der Waals surface area contributed by atoms with Crippen molar-refractivity contribution >= 4 is 0 Å². The van der Waals surface area contributed by atoms with Crippen molar-refractivity contribution in [1.82, 2.24) is 5.32 Å². The lowest BCUT2D eigenvalue weighted by Gasteiger charge is -2.20. The van der Waals surface area contributed by atoms with Crippen LogP contribution < -0.4 is 5.32 Å². The fourth-order valence-electron chi connectivity index (χ4n) is 1.77. The van der Waals surface area contributed by atoms with Crippen molar-refractivity contribution in [2.24, 2.45) is 5.92 Å². The fourth-order valence-corrected chi connectivity index (χ4v) is 1.77. The van der Waals surface area contributed by atoms with Gasteiger partial charge in [0.25, 0.3) is 0 Å². The van der Waals surface area contributed by atoms with E-state index in [2.05, 4.69) is 19.2 Å². The molecule has 0 saturated heterocycles. The molecule has 2 nitrogen and oxygen atoms in total. The van der Waals surface area contributed by atoms with Gasteiger partial charge in [-0.25, -0.2) is 0 Å². The monoisotopic (exact) mass is 171 g/mol. The number of ether oxygens (including phenoxy) is 1. The molecule has 1 saturated carbocycles. The summed E-state index contributed by atoms with van der Waals surface area (Å²) in [6.45, 7) is 5.30. The predicted octanol–water partition coefficient (Wildman–Crippen LogP) is 1.80. The van der Waals surface area contributed by atoms with Crippen molar-refractivity contribution in [1.29, 1.82) is 0 Å². The second kappa shape index (κ2) is 4.83. The first-order chi connectivity index (χ1) is 5.74. The van der Waals surface area contributed by atoms with E-state index in [0.717, 1.165) is 6.61 Å². The highest BCUT2D eigenvalue weighted by molar-refractivity contribution is 4.82. The Balaban J connectivity index is 2.21. The molecule has 2 unspecified atom stereocenters. The molecule has 0 heterocycles. The summed E-state index contributed by atoms with van der Waals surface area (Å²) in [5.74, 6) is 0.656. The molecule has 0 aromatic carbocycles. The Bertz CT molecular complexity index is 125. The van der Waals surface area contributed by atoms with Gasteiger partial charge in [0, 0.05) is 12.6 Å². The smallest absolute Gasteiger partial charge is 0.0728 e. The maximum absolute atomic E-state index is 5.81. The molecule has 1 N–H and O–H groups in total. The van der Waals surface area contributed by atoms with Crippen LogP contribution in [0.5, 0.6) is 0 Å². The van der Waals surface area contributed by atoms with Crippen molar-refractivity contribution in [3.05, 3.63) is 0 Å². The lowest BCUT2D eigenvalue weighted by molar-refractivity contribution is 0.0256. The van der Waals surface area contributed by atoms with Crippen LogP contribution in [0.4, 0.5) is 0 Å². The van der Waals surface area contributed by atoms with Gasteiger partial charge in [0.15, 0.2) is 0 Å². The predicted molar refractivity (Wildman–Crippen MR) is 51.3 cm³/mol. The first kappa shape index (κ1) is 10.0.